The summed E-state index contributed by atoms with van der Waals surface area (Å²) in [6.07, 6.45) is 2.01. The van der Waals surface area contributed by atoms with Crippen LogP contribution in [-0.2, 0) is 11.3 Å². The van der Waals surface area contributed by atoms with Gasteiger partial charge in [-0.05, 0) is 23.3 Å². The highest BCUT2D eigenvalue weighted by atomic mass is 32.1. The van der Waals surface area contributed by atoms with E-state index in [0.29, 0.717) is 23.2 Å². The quantitative estimate of drug-likeness (QED) is 0.833. The molecule has 0 aliphatic rings. The predicted molar refractivity (Wildman–Crippen MR) is 82.4 cm³/mol. The average Bonchev–Trinajstić information content (AvgIpc) is 2.89. The largest absolute Gasteiger partial charge is 0.396 e. The number of nitrogens with one attached hydrogen (secondary N) is 1. The minimum atomic E-state index is -0.237. The molecule has 0 bridgehead atoms. The van der Waals surface area contributed by atoms with E-state index in [0.717, 1.165) is 0 Å². The molecule has 114 valence electrons. The van der Waals surface area contributed by atoms with E-state index in [2.05, 4.69) is 10.3 Å². The zero-order valence-electron chi connectivity index (χ0n) is 12.1. The second-order valence-corrected chi connectivity index (χ2v) is 6.63. The topological polar surface area (TPSA) is 84.2 Å². The molecular weight excluding hydrogens is 290 g/mol. The maximum absolute atomic E-state index is 12.1. The Balaban J connectivity index is 2.01. The maximum Gasteiger partial charge on any atom is 0.262 e. The van der Waals surface area contributed by atoms with Crippen molar-refractivity contribution in [3.05, 3.63) is 28.1 Å². The second-order valence-electron chi connectivity index (χ2n) is 5.73. The highest BCUT2D eigenvalue weighted by Crippen LogP contribution is 2.17. The summed E-state index contributed by atoms with van der Waals surface area (Å²) in [6.45, 7) is 4.42. The number of rotatable bonds is 6. The molecule has 1 amide bonds. The van der Waals surface area contributed by atoms with Gasteiger partial charge in [-0.25, -0.2) is 4.98 Å². The minimum absolute atomic E-state index is 0.0488. The van der Waals surface area contributed by atoms with Crippen LogP contribution in [0.2, 0.25) is 0 Å². The fraction of sp³-hybridized carbons (Fsp3) is 0.500. The lowest BCUT2D eigenvalue weighted by Gasteiger charge is -2.23. The second kappa shape index (κ2) is 6.36. The number of carbonyl (C=O) groups excluding carboxylic acids is 1. The molecule has 2 aromatic heterocycles. The fourth-order valence-electron chi connectivity index (χ4n) is 1.95. The van der Waals surface area contributed by atoms with Crippen LogP contribution in [0.1, 0.15) is 20.3 Å². The van der Waals surface area contributed by atoms with Gasteiger partial charge in [0, 0.05) is 13.2 Å². The van der Waals surface area contributed by atoms with Gasteiger partial charge in [-0.3, -0.25) is 14.2 Å². The van der Waals surface area contributed by atoms with Crippen LogP contribution >= 0.6 is 11.3 Å². The number of amides is 1. The van der Waals surface area contributed by atoms with E-state index < -0.39 is 0 Å². The van der Waals surface area contributed by atoms with Crippen LogP contribution in [-0.4, -0.2) is 33.7 Å². The van der Waals surface area contributed by atoms with Crippen LogP contribution in [0.25, 0.3) is 10.2 Å². The molecule has 2 N–H and O–H groups in total. The first kappa shape index (κ1) is 15.7. The maximum atomic E-state index is 12.1. The molecule has 2 heterocycles. The molecule has 0 aliphatic heterocycles. The van der Waals surface area contributed by atoms with Crippen molar-refractivity contribution in [2.75, 3.05) is 13.2 Å². The number of hydrogen-bond acceptors (Lipinski definition) is 5. The molecule has 21 heavy (non-hydrogen) atoms. The Kier molecular flexibility index (Phi) is 4.74. The lowest BCUT2D eigenvalue weighted by molar-refractivity contribution is -0.122. The lowest BCUT2D eigenvalue weighted by Crippen LogP contribution is -2.38. The highest BCUT2D eigenvalue weighted by Gasteiger charge is 2.18. The molecule has 0 saturated carbocycles. The van der Waals surface area contributed by atoms with Gasteiger partial charge in [-0.1, -0.05) is 13.8 Å². The van der Waals surface area contributed by atoms with Crippen LogP contribution < -0.4 is 10.9 Å². The van der Waals surface area contributed by atoms with Crippen molar-refractivity contribution < 1.29 is 9.90 Å². The van der Waals surface area contributed by atoms with E-state index in [9.17, 15) is 9.59 Å². The number of fused-ring (bicyclic) bond motifs is 1. The molecule has 7 heteroatoms. The molecular formula is C14H19N3O3S. The van der Waals surface area contributed by atoms with Crippen molar-refractivity contribution in [3.8, 4) is 0 Å². The van der Waals surface area contributed by atoms with Crippen molar-refractivity contribution in [3.63, 3.8) is 0 Å². The van der Waals surface area contributed by atoms with Crippen molar-refractivity contribution in [2.24, 2.45) is 5.41 Å². The molecule has 0 saturated heterocycles. The first-order chi connectivity index (χ1) is 9.93. The average molecular weight is 309 g/mol. The monoisotopic (exact) mass is 309 g/mol. The molecule has 0 radical (unpaired) electrons. The van der Waals surface area contributed by atoms with Crippen molar-refractivity contribution in [2.45, 2.75) is 26.8 Å². The first-order valence-electron chi connectivity index (χ1n) is 6.73. The van der Waals surface area contributed by atoms with Gasteiger partial charge in [0.2, 0.25) is 5.91 Å². The van der Waals surface area contributed by atoms with Crippen molar-refractivity contribution >= 4 is 27.5 Å². The van der Waals surface area contributed by atoms with Crippen LogP contribution in [0.3, 0.4) is 0 Å². The van der Waals surface area contributed by atoms with Gasteiger partial charge < -0.3 is 10.4 Å². The van der Waals surface area contributed by atoms with E-state index in [1.165, 1.54) is 22.2 Å². The summed E-state index contributed by atoms with van der Waals surface area (Å²) in [5, 5.41) is 14.1. The zero-order valence-corrected chi connectivity index (χ0v) is 12.9. The summed E-state index contributed by atoms with van der Waals surface area (Å²) in [5.74, 6) is -0.237. The van der Waals surface area contributed by atoms with Crippen LogP contribution in [0, 0.1) is 5.41 Å². The number of thiophene rings is 1. The van der Waals surface area contributed by atoms with Crippen molar-refractivity contribution in [1.29, 1.82) is 0 Å². The molecule has 6 nitrogen and oxygen atoms in total. The highest BCUT2D eigenvalue weighted by molar-refractivity contribution is 7.16. The number of aromatic nitrogens is 2. The summed E-state index contributed by atoms with van der Waals surface area (Å²) in [6, 6.07) is 1.72. The van der Waals surface area contributed by atoms with Crippen molar-refractivity contribution in [1.82, 2.24) is 14.9 Å². The van der Waals surface area contributed by atoms with Crippen LogP contribution in [0.4, 0.5) is 0 Å². The molecule has 0 unspecified atom stereocenters. The van der Waals surface area contributed by atoms with Gasteiger partial charge in [-0.2, -0.15) is 0 Å². The number of hydrogen-bond donors (Lipinski definition) is 2. The smallest absolute Gasteiger partial charge is 0.262 e. The Morgan fingerprint density at radius 1 is 1.52 bits per heavy atom. The summed E-state index contributed by atoms with van der Waals surface area (Å²) in [7, 11) is 0. The van der Waals surface area contributed by atoms with Gasteiger partial charge in [-0.15, -0.1) is 11.3 Å². The standard InChI is InChI=1S/C14H19N3O3S/c1-14(2,4-5-18)8-15-11(19)7-17-9-16-12-10(13(17)20)3-6-21-12/h3,6,9,18H,4-5,7-8H2,1-2H3,(H,15,19). The Hall–Kier alpha value is -1.73. The third kappa shape index (κ3) is 3.89. The molecule has 0 atom stereocenters. The Bertz CT molecular complexity index is 690. The van der Waals surface area contributed by atoms with Gasteiger partial charge in [0.25, 0.3) is 5.56 Å². The van der Waals surface area contributed by atoms with Gasteiger partial charge >= 0.3 is 0 Å². The molecule has 2 rings (SSSR count). The van der Waals surface area contributed by atoms with E-state index in [-0.39, 0.29) is 30.0 Å². The Morgan fingerprint density at radius 3 is 3.00 bits per heavy atom. The molecule has 0 fully saturated rings. The summed E-state index contributed by atoms with van der Waals surface area (Å²) in [5.41, 5.74) is -0.378. The molecule has 0 aromatic carbocycles. The van der Waals surface area contributed by atoms with Gasteiger partial charge in [0.1, 0.15) is 11.4 Å². The summed E-state index contributed by atoms with van der Waals surface area (Å²) in [4.78, 5) is 28.9. The summed E-state index contributed by atoms with van der Waals surface area (Å²) >= 11 is 1.40. The first-order valence-corrected chi connectivity index (χ1v) is 7.61. The van der Waals surface area contributed by atoms with Gasteiger partial charge in [0.05, 0.1) is 11.7 Å². The Labute approximate surface area is 126 Å². The Morgan fingerprint density at radius 2 is 2.29 bits per heavy atom. The normalized spacial score (nSPS) is 11.8. The van der Waals surface area contributed by atoms with E-state index in [4.69, 9.17) is 5.11 Å². The molecule has 0 spiro atoms. The van der Waals surface area contributed by atoms with Crippen LogP contribution in [0.5, 0.6) is 0 Å². The minimum Gasteiger partial charge on any atom is -0.396 e. The van der Waals surface area contributed by atoms with Gasteiger partial charge in [0.15, 0.2) is 0 Å². The third-order valence-corrected chi connectivity index (χ3v) is 4.14. The van der Waals surface area contributed by atoms with E-state index in [1.54, 1.807) is 11.4 Å². The van der Waals surface area contributed by atoms with Crippen LogP contribution in [0.15, 0.2) is 22.6 Å². The number of aliphatic hydroxyl groups excluding tert-OH is 1. The lowest BCUT2D eigenvalue weighted by atomic mass is 9.90. The molecule has 0 aliphatic carbocycles. The number of aliphatic hydroxyl groups is 1. The number of nitrogens with zero attached hydrogens (tertiary/aromatic N) is 2. The molecule has 2 aromatic rings. The number of carbonyl (C=O) groups is 1. The zero-order chi connectivity index (χ0) is 15.5. The third-order valence-electron chi connectivity index (χ3n) is 3.32. The fourth-order valence-corrected chi connectivity index (χ4v) is 2.67. The predicted octanol–water partition coefficient (Wildman–Crippen LogP) is 0.983. The summed E-state index contributed by atoms with van der Waals surface area (Å²) < 4.78 is 1.31. The van der Waals surface area contributed by atoms with E-state index in [1.807, 2.05) is 13.8 Å². The van der Waals surface area contributed by atoms with E-state index >= 15 is 0 Å². The SMILES string of the molecule is CC(C)(CCO)CNC(=O)Cn1cnc2sccc2c1=O.